The second-order valence-corrected chi connectivity index (χ2v) is 6.81. The summed E-state index contributed by atoms with van der Waals surface area (Å²) >= 11 is 0. The number of carbonyl (C=O) groups excluding carboxylic acids is 2. The van der Waals surface area contributed by atoms with Gasteiger partial charge in [-0.05, 0) is 42.8 Å². The summed E-state index contributed by atoms with van der Waals surface area (Å²) < 4.78 is 11.1. The first-order valence-corrected chi connectivity index (χ1v) is 9.68. The van der Waals surface area contributed by atoms with E-state index in [4.69, 9.17) is 9.47 Å². The Bertz CT molecular complexity index is 1010. The van der Waals surface area contributed by atoms with Crippen molar-refractivity contribution >= 4 is 22.8 Å². The van der Waals surface area contributed by atoms with E-state index in [-0.39, 0.29) is 25.1 Å². The number of ether oxygens (including phenoxy) is 2. The summed E-state index contributed by atoms with van der Waals surface area (Å²) in [5.74, 6) is 1.21. The number of hydrogen-bond donors (Lipinski definition) is 2. The standard InChI is InChI=1S/C22H23N3O4/c1-2-28-16-7-9-17(10-8-16)29-12-11-25-21(26)20(24-22(25)27)13-15-14-23-19-6-4-3-5-18(15)19/h3-10,14,20,23H,2,11-13H2,1H3,(H,24,27)/t20-/m1/s1. The van der Waals surface area contributed by atoms with E-state index in [1.165, 1.54) is 4.90 Å². The summed E-state index contributed by atoms with van der Waals surface area (Å²) in [4.78, 5) is 29.4. The van der Waals surface area contributed by atoms with Crippen molar-refractivity contribution < 1.29 is 19.1 Å². The molecular weight excluding hydrogens is 370 g/mol. The number of hydrogen-bond acceptors (Lipinski definition) is 4. The van der Waals surface area contributed by atoms with E-state index in [1.807, 2.05) is 49.5 Å². The van der Waals surface area contributed by atoms with Crippen LogP contribution in [0.25, 0.3) is 10.9 Å². The number of rotatable bonds is 8. The molecule has 3 aromatic rings. The average molecular weight is 393 g/mol. The maximum absolute atomic E-state index is 12.7. The molecule has 3 amide bonds. The highest BCUT2D eigenvalue weighted by atomic mass is 16.5. The highest BCUT2D eigenvalue weighted by molar-refractivity contribution is 6.04. The van der Waals surface area contributed by atoms with Crippen molar-refractivity contribution in [3.05, 3.63) is 60.3 Å². The van der Waals surface area contributed by atoms with Crippen molar-refractivity contribution in [3.8, 4) is 11.5 Å². The van der Waals surface area contributed by atoms with Crippen LogP contribution in [0.3, 0.4) is 0 Å². The SMILES string of the molecule is CCOc1ccc(OCCN2C(=O)N[C@H](Cc3c[nH]c4ccccc34)C2=O)cc1. The zero-order valence-corrected chi connectivity index (χ0v) is 16.2. The van der Waals surface area contributed by atoms with Crippen LogP contribution in [0, 0.1) is 0 Å². The third-order valence-electron chi connectivity index (χ3n) is 4.92. The fourth-order valence-electron chi connectivity index (χ4n) is 3.50. The van der Waals surface area contributed by atoms with E-state index in [9.17, 15) is 9.59 Å². The van der Waals surface area contributed by atoms with Crippen LogP contribution in [0.1, 0.15) is 12.5 Å². The number of amides is 3. The van der Waals surface area contributed by atoms with Gasteiger partial charge in [-0.25, -0.2) is 4.79 Å². The number of para-hydroxylation sites is 1. The van der Waals surface area contributed by atoms with Gasteiger partial charge in [-0.3, -0.25) is 9.69 Å². The van der Waals surface area contributed by atoms with E-state index >= 15 is 0 Å². The minimum Gasteiger partial charge on any atom is -0.494 e. The van der Waals surface area contributed by atoms with Gasteiger partial charge in [-0.1, -0.05) is 18.2 Å². The molecule has 1 aliphatic rings. The molecule has 7 heteroatoms. The molecule has 29 heavy (non-hydrogen) atoms. The summed E-state index contributed by atoms with van der Waals surface area (Å²) in [6.45, 7) is 2.95. The summed E-state index contributed by atoms with van der Waals surface area (Å²) in [6, 6.07) is 14.2. The Hall–Kier alpha value is -3.48. The van der Waals surface area contributed by atoms with Gasteiger partial charge >= 0.3 is 6.03 Å². The maximum atomic E-state index is 12.7. The lowest BCUT2D eigenvalue weighted by atomic mass is 10.1. The summed E-state index contributed by atoms with van der Waals surface area (Å²) in [5, 5.41) is 3.84. The van der Waals surface area contributed by atoms with Crippen LogP contribution in [0.15, 0.2) is 54.7 Å². The van der Waals surface area contributed by atoms with Crippen molar-refractivity contribution in [3.63, 3.8) is 0 Å². The first-order chi connectivity index (χ1) is 14.2. The molecule has 0 aliphatic carbocycles. The van der Waals surface area contributed by atoms with Crippen molar-refractivity contribution in [1.29, 1.82) is 0 Å². The lowest BCUT2D eigenvalue weighted by molar-refractivity contribution is -0.127. The molecule has 2 N–H and O–H groups in total. The molecule has 4 rings (SSSR count). The monoisotopic (exact) mass is 393 g/mol. The first-order valence-electron chi connectivity index (χ1n) is 9.68. The van der Waals surface area contributed by atoms with Gasteiger partial charge < -0.3 is 19.8 Å². The molecule has 1 atom stereocenters. The van der Waals surface area contributed by atoms with Crippen molar-refractivity contribution in [1.82, 2.24) is 15.2 Å². The van der Waals surface area contributed by atoms with Gasteiger partial charge in [0.05, 0.1) is 13.2 Å². The molecule has 7 nitrogen and oxygen atoms in total. The number of benzene rings is 2. The normalized spacial score (nSPS) is 16.3. The van der Waals surface area contributed by atoms with E-state index in [1.54, 1.807) is 12.1 Å². The average Bonchev–Trinajstić information content (AvgIpc) is 3.25. The minimum atomic E-state index is -0.563. The third kappa shape index (κ3) is 4.03. The fourth-order valence-corrected chi connectivity index (χ4v) is 3.50. The Kier molecular flexibility index (Phi) is 5.37. The summed E-state index contributed by atoms with van der Waals surface area (Å²) in [7, 11) is 0. The lowest BCUT2D eigenvalue weighted by Gasteiger charge is -2.14. The van der Waals surface area contributed by atoms with E-state index in [0.717, 1.165) is 22.2 Å². The lowest BCUT2D eigenvalue weighted by Crippen LogP contribution is -2.35. The van der Waals surface area contributed by atoms with Crippen molar-refractivity contribution in [2.45, 2.75) is 19.4 Å². The van der Waals surface area contributed by atoms with Gasteiger partial charge in [0.1, 0.15) is 24.1 Å². The highest BCUT2D eigenvalue weighted by Gasteiger charge is 2.37. The second kappa shape index (κ2) is 8.26. The molecule has 1 aromatic heterocycles. The molecule has 150 valence electrons. The number of imide groups is 1. The first kappa shape index (κ1) is 18.9. The minimum absolute atomic E-state index is 0.197. The Morgan fingerprint density at radius 2 is 1.72 bits per heavy atom. The molecule has 0 bridgehead atoms. The van der Waals surface area contributed by atoms with E-state index in [2.05, 4.69) is 10.3 Å². The Morgan fingerprint density at radius 1 is 1.00 bits per heavy atom. The third-order valence-corrected chi connectivity index (χ3v) is 4.92. The van der Waals surface area contributed by atoms with Crippen LogP contribution in [0.2, 0.25) is 0 Å². The smallest absolute Gasteiger partial charge is 0.324 e. The van der Waals surface area contributed by atoms with Crippen LogP contribution < -0.4 is 14.8 Å². The number of nitrogens with zero attached hydrogens (tertiary/aromatic N) is 1. The van der Waals surface area contributed by atoms with Gasteiger partial charge in [0.2, 0.25) is 0 Å². The molecular formula is C22H23N3O4. The largest absolute Gasteiger partial charge is 0.494 e. The topological polar surface area (TPSA) is 83.7 Å². The van der Waals surface area contributed by atoms with Crippen molar-refractivity contribution in [2.24, 2.45) is 0 Å². The summed E-state index contributed by atoms with van der Waals surface area (Å²) in [6.07, 6.45) is 2.34. The predicted octanol–water partition coefficient (Wildman–Crippen LogP) is 3.11. The summed E-state index contributed by atoms with van der Waals surface area (Å²) in [5.41, 5.74) is 2.02. The number of aromatic nitrogens is 1. The fraction of sp³-hybridized carbons (Fsp3) is 0.273. The molecule has 0 radical (unpaired) electrons. The van der Waals surface area contributed by atoms with Gasteiger partial charge in [0.25, 0.3) is 5.91 Å². The van der Waals surface area contributed by atoms with Crippen molar-refractivity contribution in [2.75, 3.05) is 19.8 Å². The number of H-pyrrole nitrogens is 1. The molecule has 2 aromatic carbocycles. The van der Waals surface area contributed by atoms with Crippen LogP contribution in [0.5, 0.6) is 11.5 Å². The Morgan fingerprint density at radius 3 is 2.48 bits per heavy atom. The quantitative estimate of drug-likeness (QED) is 0.576. The van der Waals surface area contributed by atoms with E-state index < -0.39 is 6.04 Å². The van der Waals surface area contributed by atoms with Gasteiger partial charge in [-0.2, -0.15) is 0 Å². The molecule has 0 saturated carbocycles. The molecule has 1 aliphatic heterocycles. The van der Waals surface area contributed by atoms with Gasteiger partial charge in [-0.15, -0.1) is 0 Å². The molecule has 0 unspecified atom stereocenters. The van der Waals surface area contributed by atoms with Crippen LogP contribution in [0.4, 0.5) is 4.79 Å². The molecule has 0 spiro atoms. The number of nitrogens with one attached hydrogen (secondary N) is 2. The van der Waals surface area contributed by atoms with Gasteiger partial charge in [0.15, 0.2) is 0 Å². The zero-order valence-electron chi connectivity index (χ0n) is 16.2. The second-order valence-electron chi connectivity index (χ2n) is 6.81. The molecule has 1 saturated heterocycles. The zero-order chi connectivity index (χ0) is 20.2. The van der Waals surface area contributed by atoms with Crippen LogP contribution >= 0.6 is 0 Å². The van der Waals surface area contributed by atoms with Crippen LogP contribution in [-0.2, 0) is 11.2 Å². The number of aromatic amines is 1. The van der Waals surface area contributed by atoms with Crippen LogP contribution in [-0.4, -0.2) is 47.6 Å². The maximum Gasteiger partial charge on any atom is 0.324 e. The molecule has 2 heterocycles. The van der Waals surface area contributed by atoms with Gasteiger partial charge in [0, 0.05) is 23.5 Å². The number of fused-ring (bicyclic) bond motifs is 1. The Balaban J connectivity index is 1.33. The Labute approximate surface area is 168 Å². The highest BCUT2D eigenvalue weighted by Crippen LogP contribution is 2.21. The predicted molar refractivity (Wildman–Crippen MR) is 109 cm³/mol. The van der Waals surface area contributed by atoms with E-state index in [0.29, 0.717) is 18.8 Å². The number of carbonyl (C=O) groups is 2. The number of urea groups is 1. The molecule has 1 fully saturated rings.